The summed E-state index contributed by atoms with van der Waals surface area (Å²) in [5.41, 5.74) is 1.33. The number of hydrogen-bond acceptors (Lipinski definition) is 3. The summed E-state index contributed by atoms with van der Waals surface area (Å²) < 4.78 is 5.06. The lowest BCUT2D eigenvalue weighted by Crippen LogP contribution is -2.51. The first kappa shape index (κ1) is 10.6. The summed E-state index contributed by atoms with van der Waals surface area (Å²) >= 11 is 0. The molecule has 0 aliphatic carbocycles. The second kappa shape index (κ2) is 4.37. The SMILES string of the molecule is O=C1OC[C@H]2CN(Cc3ccccc3)CCN12. The van der Waals surface area contributed by atoms with Crippen molar-refractivity contribution in [2.75, 3.05) is 26.2 Å². The van der Waals surface area contributed by atoms with Crippen LogP contribution in [-0.2, 0) is 11.3 Å². The number of nitrogens with zero attached hydrogens (tertiary/aromatic N) is 2. The van der Waals surface area contributed by atoms with Gasteiger partial charge in [-0.3, -0.25) is 9.80 Å². The zero-order valence-corrected chi connectivity index (χ0v) is 9.71. The van der Waals surface area contributed by atoms with E-state index in [-0.39, 0.29) is 12.1 Å². The largest absolute Gasteiger partial charge is 0.447 e. The van der Waals surface area contributed by atoms with Gasteiger partial charge in [-0.05, 0) is 5.56 Å². The lowest BCUT2D eigenvalue weighted by molar-refractivity contribution is 0.115. The minimum absolute atomic E-state index is 0.144. The third-order valence-electron chi connectivity index (χ3n) is 3.45. The standard InChI is InChI=1S/C13H16N2O2/c16-13-15-7-6-14(9-12(15)10-17-13)8-11-4-2-1-3-5-11/h1-5,12H,6-10H2/t12-/m1/s1. The summed E-state index contributed by atoms with van der Waals surface area (Å²) in [5, 5.41) is 0. The first-order chi connectivity index (χ1) is 8.33. The fraction of sp³-hybridized carbons (Fsp3) is 0.462. The number of rotatable bonds is 2. The molecule has 0 spiro atoms. The monoisotopic (exact) mass is 232 g/mol. The molecule has 2 heterocycles. The molecule has 3 rings (SSSR count). The van der Waals surface area contributed by atoms with E-state index in [4.69, 9.17) is 4.74 Å². The molecule has 1 aromatic carbocycles. The molecular formula is C13H16N2O2. The molecule has 0 radical (unpaired) electrons. The molecule has 1 amide bonds. The van der Waals surface area contributed by atoms with Crippen LogP contribution < -0.4 is 0 Å². The van der Waals surface area contributed by atoms with Crippen LogP contribution in [0.15, 0.2) is 30.3 Å². The Kier molecular flexibility index (Phi) is 2.73. The highest BCUT2D eigenvalue weighted by Gasteiger charge is 2.37. The number of carbonyl (C=O) groups excluding carboxylic acids is 1. The summed E-state index contributed by atoms with van der Waals surface area (Å²) in [6.45, 7) is 4.14. The lowest BCUT2D eigenvalue weighted by atomic mass is 10.1. The highest BCUT2D eigenvalue weighted by Crippen LogP contribution is 2.19. The number of fused-ring (bicyclic) bond motifs is 1. The smallest absolute Gasteiger partial charge is 0.410 e. The molecule has 0 saturated carbocycles. The van der Waals surface area contributed by atoms with E-state index in [0.717, 1.165) is 26.2 Å². The molecule has 1 aromatic rings. The average Bonchev–Trinajstić information content (AvgIpc) is 2.72. The van der Waals surface area contributed by atoms with Crippen molar-refractivity contribution >= 4 is 6.09 Å². The fourth-order valence-corrected chi connectivity index (χ4v) is 2.54. The molecule has 2 saturated heterocycles. The van der Waals surface area contributed by atoms with Crippen molar-refractivity contribution in [1.82, 2.24) is 9.80 Å². The summed E-state index contributed by atoms with van der Waals surface area (Å²) in [6.07, 6.45) is -0.144. The Morgan fingerprint density at radius 2 is 2.06 bits per heavy atom. The molecule has 0 aromatic heterocycles. The number of ether oxygens (including phenoxy) is 1. The second-order valence-corrected chi connectivity index (χ2v) is 4.64. The van der Waals surface area contributed by atoms with E-state index in [1.165, 1.54) is 5.56 Å². The first-order valence-corrected chi connectivity index (χ1v) is 6.02. The van der Waals surface area contributed by atoms with Gasteiger partial charge in [0, 0.05) is 26.2 Å². The highest BCUT2D eigenvalue weighted by molar-refractivity contribution is 5.70. The first-order valence-electron chi connectivity index (χ1n) is 6.02. The van der Waals surface area contributed by atoms with Gasteiger partial charge in [-0.15, -0.1) is 0 Å². The summed E-state index contributed by atoms with van der Waals surface area (Å²) in [5.74, 6) is 0. The zero-order valence-electron chi connectivity index (χ0n) is 9.71. The van der Waals surface area contributed by atoms with Crippen molar-refractivity contribution in [1.29, 1.82) is 0 Å². The molecule has 0 bridgehead atoms. The quantitative estimate of drug-likeness (QED) is 0.771. The maximum absolute atomic E-state index is 11.4. The van der Waals surface area contributed by atoms with Gasteiger partial charge in [0.1, 0.15) is 6.61 Å². The summed E-state index contributed by atoms with van der Waals surface area (Å²) in [7, 11) is 0. The number of cyclic esters (lactones) is 1. The number of benzene rings is 1. The van der Waals surface area contributed by atoms with Crippen LogP contribution in [0.5, 0.6) is 0 Å². The molecule has 0 unspecified atom stereocenters. The van der Waals surface area contributed by atoms with Crippen molar-refractivity contribution in [3.63, 3.8) is 0 Å². The Balaban J connectivity index is 1.62. The normalized spacial score (nSPS) is 24.6. The average molecular weight is 232 g/mol. The third-order valence-corrected chi connectivity index (χ3v) is 3.45. The number of hydrogen-bond donors (Lipinski definition) is 0. The molecule has 0 N–H and O–H groups in total. The van der Waals surface area contributed by atoms with Gasteiger partial charge in [0.05, 0.1) is 6.04 Å². The minimum atomic E-state index is -0.144. The van der Waals surface area contributed by atoms with Gasteiger partial charge in [0.2, 0.25) is 0 Å². The molecule has 17 heavy (non-hydrogen) atoms. The van der Waals surface area contributed by atoms with Crippen molar-refractivity contribution in [3.8, 4) is 0 Å². The summed E-state index contributed by atoms with van der Waals surface area (Å²) in [6, 6.07) is 10.7. The van der Waals surface area contributed by atoms with E-state index in [1.54, 1.807) is 0 Å². The Morgan fingerprint density at radius 1 is 1.24 bits per heavy atom. The van der Waals surface area contributed by atoms with Gasteiger partial charge in [0.25, 0.3) is 0 Å². The number of carbonyl (C=O) groups is 1. The highest BCUT2D eigenvalue weighted by atomic mass is 16.6. The van der Waals surface area contributed by atoms with Crippen molar-refractivity contribution in [2.24, 2.45) is 0 Å². The van der Waals surface area contributed by atoms with Crippen LogP contribution in [0.25, 0.3) is 0 Å². The van der Waals surface area contributed by atoms with Gasteiger partial charge in [-0.2, -0.15) is 0 Å². The van der Waals surface area contributed by atoms with E-state index >= 15 is 0 Å². The summed E-state index contributed by atoms with van der Waals surface area (Å²) in [4.78, 5) is 15.6. The molecule has 2 fully saturated rings. The van der Waals surface area contributed by atoms with Crippen LogP contribution >= 0.6 is 0 Å². The van der Waals surface area contributed by atoms with Crippen LogP contribution in [0.2, 0.25) is 0 Å². The molecule has 2 aliphatic rings. The van der Waals surface area contributed by atoms with Gasteiger partial charge in [-0.1, -0.05) is 30.3 Å². The predicted octanol–water partition coefficient (Wildman–Crippen LogP) is 1.32. The molecule has 4 nitrogen and oxygen atoms in total. The van der Waals surface area contributed by atoms with Gasteiger partial charge >= 0.3 is 6.09 Å². The maximum Gasteiger partial charge on any atom is 0.410 e. The Hall–Kier alpha value is -1.55. The Bertz CT molecular complexity index is 407. The lowest BCUT2D eigenvalue weighted by Gasteiger charge is -2.35. The third kappa shape index (κ3) is 2.13. The molecule has 1 atom stereocenters. The van der Waals surface area contributed by atoms with E-state index in [0.29, 0.717) is 6.61 Å². The van der Waals surface area contributed by atoms with Crippen molar-refractivity contribution in [3.05, 3.63) is 35.9 Å². The van der Waals surface area contributed by atoms with Crippen LogP contribution in [0.3, 0.4) is 0 Å². The maximum atomic E-state index is 11.4. The Morgan fingerprint density at radius 3 is 2.88 bits per heavy atom. The minimum Gasteiger partial charge on any atom is -0.447 e. The van der Waals surface area contributed by atoms with E-state index in [1.807, 2.05) is 11.0 Å². The fourth-order valence-electron chi connectivity index (χ4n) is 2.54. The predicted molar refractivity (Wildman–Crippen MR) is 63.6 cm³/mol. The Labute approximate surface area is 101 Å². The van der Waals surface area contributed by atoms with Crippen LogP contribution in [-0.4, -0.2) is 48.2 Å². The van der Waals surface area contributed by atoms with Crippen LogP contribution in [0, 0.1) is 0 Å². The number of amides is 1. The van der Waals surface area contributed by atoms with Crippen molar-refractivity contribution < 1.29 is 9.53 Å². The van der Waals surface area contributed by atoms with Gasteiger partial charge in [0.15, 0.2) is 0 Å². The van der Waals surface area contributed by atoms with Gasteiger partial charge < -0.3 is 4.74 Å². The van der Waals surface area contributed by atoms with Gasteiger partial charge in [-0.25, -0.2) is 4.79 Å². The molecular weight excluding hydrogens is 216 g/mol. The second-order valence-electron chi connectivity index (χ2n) is 4.64. The molecule has 2 aliphatic heterocycles. The van der Waals surface area contributed by atoms with E-state index in [9.17, 15) is 4.79 Å². The van der Waals surface area contributed by atoms with Crippen molar-refractivity contribution in [2.45, 2.75) is 12.6 Å². The molecule has 4 heteroatoms. The van der Waals surface area contributed by atoms with Crippen LogP contribution in [0.1, 0.15) is 5.56 Å². The topological polar surface area (TPSA) is 32.8 Å². The van der Waals surface area contributed by atoms with E-state index in [2.05, 4.69) is 29.2 Å². The molecule has 90 valence electrons. The van der Waals surface area contributed by atoms with Crippen LogP contribution in [0.4, 0.5) is 4.79 Å². The van der Waals surface area contributed by atoms with E-state index < -0.39 is 0 Å². The zero-order chi connectivity index (χ0) is 11.7. The number of piperazine rings is 1.